The van der Waals surface area contributed by atoms with E-state index in [4.69, 9.17) is 0 Å². The Bertz CT molecular complexity index is 324. The Kier molecular flexibility index (Phi) is 1.82. The van der Waals surface area contributed by atoms with Gasteiger partial charge in [-0.1, -0.05) is 18.2 Å². The van der Waals surface area contributed by atoms with E-state index in [1.54, 1.807) is 0 Å². The fraction of sp³-hybridized carbons (Fsp3) is 0. The van der Waals surface area contributed by atoms with E-state index in [1.807, 2.05) is 48.8 Å². The maximum absolute atomic E-state index is 3.25. The summed E-state index contributed by atoms with van der Waals surface area (Å²) in [5.74, 6) is 0. The van der Waals surface area contributed by atoms with Gasteiger partial charge in [-0.25, -0.2) is 0 Å². The fourth-order valence-corrected chi connectivity index (χ4v) is 1.09. The summed E-state index contributed by atoms with van der Waals surface area (Å²) in [5.41, 5.74) is 2.19. The summed E-state index contributed by atoms with van der Waals surface area (Å²) >= 11 is 0. The summed E-state index contributed by atoms with van der Waals surface area (Å²) in [6, 6.07) is 12.1. The van der Waals surface area contributed by atoms with Crippen molar-refractivity contribution in [1.29, 1.82) is 0 Å². The number of para-hydroxylation sites is 1. The highest BCUT2D eigenvalue weighted by Gasteiger charge is 1.90. The second-order valence-electron chi connectivity index (χ2n) is 2.59. The average molecular weight is 158 g/mol. The van der Waals surface area contributed by atoms with E-state index in [2.05, 4.69) is 10.3 Å². The summed E-state index contributed by atoms with van der Waals surface area (Å²) < 4.78 is 0. The zero-order valence-electron chi connectivity index (χ0n) is 6.62. The Balaban J connectivity index is 2.15. The minimum absolute atomic E-state index is 1.08. The van der Waals surface area contributed by atoms with Gasteiger partial charge in [-0.3, -0.25) is 0 Å². The average Bonchev–Trinajstić information content (AvgIpc) is 2.59. The van der Waals surface area contributed by atoms with Gasteiger partial charge in [-0.2, -0.15) is 0 Å². The smallest absolute Gasteiger partial charge is 0.0561 e. The van der Waals surface area contributed by atoms with Gasteiger partial charge in [0.25, 0.3) is 0 Å². The first-order chi connectivity index (χ1) is 5.95. The first-order valence-corrected chi connectivity index (χ1v) is 3.90. The highest BCUT2D eigenvalue weighted by molar-refractivity contribution is 5.58. The monoisotopic (exact) mass is 158 g/mol. The van der Waals surface area contributed by atoms with Crippen molar-refractivity contribution in [2.24, 2.45) is 0 Å². The molecular weight excluding hydrogens is 148 g/mol. The van der Waals surface area contributed by atoms with Gasteiger partial charge in [0.1, 0.15) is 0 Å². The van der Waals surface area contributed by atoms with Crippen LogP contribution in [0.15, 0.2) is 48.8 Å². The molecule has 2 N–H and O–H groups in total. The molecule has 0 spiro atoms. The van der Waals surface area contributed by atoms with Crippen LogP contribution in [-0.4, -0.2) is 4.98 Å². The zero-order valence-corrected chi connectivity index (χ0v) is 6.62. The minimum atomic E-state index is 1.08. The van der Waals surface area contributed by atoms with E-state index in [0.29, 0.717) is 0 Å². The predicted octanol–water partition coefficient (Wildman–Crippen LogP) is 2.76. The van der Waals surface area contributed by atoms with Gasteiger partial charge in [0.15, 0.2) is 0 Å². The van der Waals surface area contributed by atoms with Crippen LogP contribution in [-0.2, 0) is 0 Å². The lowest BCUT2D eigenvalue weighted by Crippen LogP contribution is -1.85. The minimum Gasteiger partial charge on any atom is -0.366 e. The molecule has 2 aromatic rings. The van der Waals surface area contributed by atoms with Gasteiger partial charge in [-0.05, 0) is 18.2 Å². The quantitative estimate of drug-likeness (QED) is 0.691. The molecule has 0 bridgehead atoms. The van der Waals surface area contributed by atoms with Crippen molar-refractivity contribution in [3.05, 3.63) is 48.8 Å². The van der Waals surface area contributed by atoms with Crippen molar-refractivity contribution < 1.29 is 0 Å². The summed E-state index contributed by atoms with van der Waals surface area (Å²) in [7, 11) is 0. The molecule has 60 valence electrons. The number of H-pyrrole nitrogens is 1. The summed E-state index contributed by atoms with van der Waals surface area (Å²) in [6.07, 6.45) is 3.82. The van der Waals surface area contributed by atoms with Crippen molar-refractivity contribution in [2.75, 3.05) is 5.32 Å². The molecule has 0 atom stereocenters. The number of aromatic nitrogens is 1. The highest BCUT2D eigenvalue weighted by atomic mass is 14.9. The van der Waals surface area contributed by atoms with Crippen LogP contribution in [0.5, 0.6) is 0 Å². The second kappa shape index (κ2) is 3.13. The molecule has 0 radical (unpaired) electrons. The van der Waals surface area contributed by atoms with E-state index in [-0.39, 0.29) is 0 Å². The second-order valence-corrected chi connectivity index (χ2v) is 2.59. The summed E-state index contributed by atoms with van der Waals surface area (Å²) in [4.78, 5) is 2.99. The van der Waals surface area contributed by atoms with Crippen LogP contribution in [0.1, 0.15) is 0 Å². The molecule has 2 heteroatoms. The number of hydrogen-bond donors (Lipinski definition) is 2. The Hall–Kier alpha value is -1.70. The van der Waals surface area contributed by atoms with Crippen molar-refractivity contribution in [2.45, 2.75) is 0 Å². The van der Waals surface area contributed by atoms with Gasteiger partial charge >= 0.3 is 0 Å². The van der Waals surface area contributed by atoms with Gasteiger partial charge in [-0.15, -0.1) is 0 Å². The lowest BCUT2D eigenvalue weighted by Gasteiger charge is -2.01. The first-order valence-electron chi connectivity index (χ1n) is 3.90. The van der Waals surface area contributed by atoms with Crippen LogP contribution in [0.2, 0.25) is 0 Å². The molecule has 0 saturated carbocycles. The highest BCUT2D eigenvalue weighted by Crippen LogP contribution is 2.13. The lowest BCUT2D eigenvalue weighted by molar-refractivity contribution is 1.41. The Labute approximate surface area is 71.2 Å². The molecule has 1 aromatic carbocycles. The van der Waals surface area contributed by atoms with Crippen LogP contribution in [0.4, 0.5) is 11.4 Å². The van der Waals surface area contributed by atoms with Gasteiger partial charge in [0, 0.05) is 18.1 Å². The van der Waals surface area contributed by atoms with Gasteiger partial charge in [0.05, 0.1) is 5.69 Å². The molecule has 2 rings (SSSR count). The molecule has 2 nitrogen and oxygen atoms in total. The molecule has 0 amide bonds. The number of benzene rings is 1. The third kappa shape index (κ3) is 1.48. The SMILES string of the molecule is c1ccc(Nc2cc[nH]c2)cc1. The van der Waals surface area contributed by atoms with Crippen molar-refractivity contribution >= 4 is 11.4 Å². The molecule has 1 aromatic heterocycles. The lowest BCUT2D eigenvalue weighted by atomic mass is 10.3. The zero-order chi connectivity index (χ0) is 8.23. The van der Waals surface area contributed by atoms with Crippen LogP contribution in [0, 0.1) is 0 Å². The molecule has 0 aliphatic rings. The molecule has 1 heterocycles. The van der Waals surface area contributed by atoms with E-state index < -0.39 is 0 Å². The molecule has 0 aliphatic heterocycles. The number of nitrogens with one attached hydrogen (secondary N) is 2. The number of aromatic amines is 1. The Morgan fingerprint density at radius 2 is 1.75 bits per heavy atom. The largest absolute Gasteiger partial charge is 0.366 e. The Morgan fingerprint density at radius 3 is 2.42 bits per heavy atom. The van der Waals surface area contributed by atoms with Crippen LogP contribution in [0.3, 0.4) is 0 Å². The van der Waals surface area contributed by atoms with Crippen LogP contribution in [0.25, 0.3) is 0 Å². The molecule has 0 aliphatic carbocycles. The summed E-state index contributed by atoms with van der Waals surface area (Å²) in [5, 5.41) is 3.25. The standard InChI is InChI=1S/C10H10N2/c1-2-4-9(5-3-1)12-10-6-7-11-8-10/h1-8,11-12H. The molecule has 0 saturated heterocycles. The molecule has 12 heavy (non-hydrogen) atoms. The third-order valence-electron chi connectivity index (χ3n) is 1.66. The summed E-state index contributed by atoms with van der Waals surface area (Å²) in [6.45, 7) is 0. The molecule has 0 unspecified atom stereocenters. The van der Waals surface area contributed by atoms with Crippen LogP contribution >= 0.6 is 0 Å². The van der Waals surface area contributed by atoms with E-state index in [9.17, 15) is 0 Å². The number of hydrogen-bond acceptors (Lipinski definition) is 1. The third-order valence-corrected chi connectivity index (χ3v) is 1.66. The van der Waals surface area contributed by atoms with Gasteiger partial charge < -0.3 is 10.3 Å². The van der Waals surface area contributed by atoms with Crippen molar-refractivity contribution in [3.63, 3.8) is 0 Å². The maximum atomic E-state index is 3.25. The van der Waals surface area contributed by atoms with Crippen molar-refractivity contribution in [3.8, 4) is 0 Å². The van der Waals surface area contributed by atoms with E-state index >= 15 is 0 Å². The molecule has 0 fully saturated rings. The Morgan fingerprint density at radius 1 is 0.917 bits per heavy atom. The normalized spacial score (nSPS) is 9.67. The van der Waals surface area contributed by atoms with E-state index in [0.717, 1.165) is 11.4 Å². The van der Waals surface area contributed by atoms with Crippen molar-refractivity contribution in [1.82, 2.24) is 4.98 Å². The topological polar surface area (TPSA) is 27.8 Å². The van der Waals surface area contributed by atoms with Crippen LogP contribution < -0.4 is 5.32 Å². The number of rotatable bonds is 2. The first kappa shape index (κ1) is 6.98. The van der Waals surface area contributed by atoms with Gasteiger partial charge in [0.2, 0.25) is 0 Å². The predicted molar refractivity (Wildman–Crippen MR) is 50.5 cm³/mol. The fourth-order valence-electron chi connectivity index (χ4n) is 1.09. The van der Waals surface area contributed by atoms with E-state index in [1.165, 1.54) is 0 Å². The molecular formula is C10H10N2. The number of anilines is 2. The maximum Gasteiger partial charge on any atom is 0.0561 e.